The van der Waals surface area contributed by atoms with E-state index in [1.165, 1.54) is 71.1 Å². The van der Waals surface area contributed by atoms with E-state index in [0.717, 1.165) is 5.92 Å². The Labute approximate surface area is 101 Å². The molecule has 0 radical (unpaired) electrons. The minimum Gasteiger partial charge on any atom is -0.317 e. The van der Waals surface area contributed by atoms with Crippen LogP contribution in [0, 0.1) is 11.3 Å². The van der Waals surface area contributed by atoms with Gasteiger partial charge >= 0.3 is 0 Å². The average molecular weight is 224 g/mol. The maximum atomic E-state index is 3.74. The monoisotopic (exact) mass is 224 g/mol. The fourth-order valence-corrected chi connectivity index (χ4v) is 3.25. The standard InChI is InChI=1S/C14H28N2/c1-14(7-3-2-4-8-14)12-16-11-13-5-9-15-10-6-13/h13,15-16H,2-12H2,1H3. The van der Waals surface area contributed by atoms with E-state index >= 15 is 0 Å². The third-order valence-electron chi connectivity index (χ3n) is 4.50. The topological polar surface area (TPSA) is 24.1 Å². The molecule has 0 unspecified atom stereocenters. The van der Waals surface area contributed by atoms with Gasteiger partial charge in [0, 0.05) is 6.54 Å². The molecule has 2 rings (SSSR count). The van der Waals surface area contributed by atoms with E-state index in [2.05, 4.69) is 17.6 Å². The second-order valence-electron chi connectivity index (χ2n) is 6.20. The van der Waals surface area contributed by atoms with Crippen LogP contribution in [-0.2, 0) is 0 Å². The van der Waals surface area contributed by atoms with Crippen LogP contribution in [0.25, 0.3) is 0 Å². The van der Waals surface area contributed by atoms with Gasteiger partial charge in [0.25, 0.3) is 0 Å². The Hall–Kier alpha value is -0.0800. The first kappa shape index (κ1) is 12.4. The van der Waals surface area contributed by atoms with Crippen LogP contribution in [0.2, 0.25) is 0 Å². The quantitative estimate of drug-likeness (QED) is 0.767. The van der Waals surface area contributed by atoms with E-state index in [-0.39, 0.29) is 0 Å². The molecule has 2 N–H and O–H groups in total. The van der Waals surface area contributed by atoms with Crippen LogP contribution in [0.3, 0.4) is 0 Å². The van der Waals surface area contributed by atoms with Gasteiger partial charge in [-0.25, -0.2) is 0 Å². The van der Waals surface area contributed by atoms with Crippen molar-refractivity contribution in [2.75, 3.05) is 26.2 Å². The molecule has 1 saturated carbocycles. The smallest absolute Gasteiger partial charge is 0.000528 e. The van der Waals surface area contributed by atoms with Crippen molar-refractivity contribution < 1.29 is 0 Å². The summed E-state index contributed by atoms with van der Waals surface area (Å²) in [5, 5.41) is 7.17. The molecule has 16 heavy (non-hydrogen) atoms. The number of nitrogens with one attached hydrogen (secondary N) is 2. The van der Waals surface area contributed by atoms with Crippen LogP contribution < -0.4 is 10.6 Å². The number of piperidine rings is 1. The van der Waals surface area contributed by atoms with Gasteiger partial charge in [0.1, 0.15) is 0 Å². The fraction of sp³-hybridized carbons (Fsp3) is 1.00. The zero-order valence-corrected chi connectivity index (χ0v) is 10.9. The van der Waals surface area contributed by atoms with Crippen molar-refractivity contribution in [2.45, 2.75) is 51.9 Å². The molecule has 2 nitrogen and oxygen atoms in total. The van der Waals surface area contributed by atoms with E-state index in [9.17, 15) is 0 Å². The Balaban J connectivity index is 1.62. The molecular formula is C14H28N2. The highest BCUT2D eigenvalue weighted by Crippen LogP contribution is 2.34. The highest BCUT2D eigenvalue weighted by molar-refractivity contribution is 4.81. The van der Waals surface area contributed by atoms with E-state index in [1.54, 1.807) is 0 Å². The first-order chi connectivity index (χ1) is 7.79. The molecule has 1 aliphatic heterocycles. The Kier molecular flexibility index (Phi) is 4.66. The summed E-state index contributed by atoms with van der Waals surface area (Å²) < 4.78 is 0. The molecule has 0 aromatic rings. The van der Waals surface area contributed by atoms with Gasteiger partial charge in [-0.15, -0.1) is 0 Å². The lowest BCUT2D eigenvalue weighted by Crippen LogP contribution is -2.38. The van der Waals surface area contributed by atoms with E-state index < -0.39 is 0 Å². The molecule has 0 aromatic heterocycles. The third-order valence-corrected chi connectivity index (χ3v) is 4.50. The minimum absolute atomic E-state index is 0.602. The molecule has 0 atom stereocenters. The van der Waals surface area contributed by atoms with E-state index in [1.807, 2.05) is 0 Å². The largest absolute Gasteiger partial charge is 0.317 e. The lowest BCUT2D eigenvalue weighted by atomic mass is 9.75. The van der Waals surface area contributed by atoms with Crippen LogP contribution in [0.1, 0.15) is 51.9 Å². The second kappa shape index (κ2) is 6.02. The fourth-order valence-electron chi connectivity index (χ4n) is 3.25. The SMILES string of the molecule is CC1(CNCC2CCNCC2)CCCCC1. The molecular weight excluding hydrogens is 196 g/mol. The van der Waals surface area contributed by atoms with Crippen LogP contribution >= 0.6 is 0 Å². The molecule has 2 aliphatic rings. The highest BCUT2D eigenvalue weighted by atomic mass is 14.9. The lowest BCUT2D eigenvalue weighted by Gasteiger charge is -2.34. The summed E-state index contributed by atoms with van der Waals surface area (Å²) in [4.78, 5) is 0. The van der Waals surface area contributed by atoms with Crippen molar-refractivity contribution in [3.63, 3.8) is 0 Å². The second-order valence-corrected chi connectivity index (χ2v) is 6.20. The summed E-state index contributed by atoms with van der Waals surface area (Å²) in [6, 6.07) is 0. The summed E-state index contributed by atoms with van der Waals surface area (Å²) in [5.74, 6) is 0.924. The van der Waals surface area contributed by atoms with Gasteiger partial charge in [-0.2, -0.15) is 0 Å². The first-order valence-corrected chi connectivity index (χ1v) is 7.20. The van der Waals surface area contributed by atoms with E-state index in [4.69, 9.17) is 0 Å². The predicted octanol–water partition coefficient (Wildman–Crippen LogP) is 2.55. The molecule has 0 amide bonds. The zero-order chi connectivity index (χ0) is 11.3. The molecule has 0 spiro atoms. The van der Waals surface area contributed by atoms with Gasteiger partial charge in [-0.3, -0.25) is 0 Å². The van der Waals surface area contributed by atoms with Crippen LogP contribution in [0.4, 0.5) is 0 Å². The Bertz CT molecular complexity index is 191. The van der Waals surface area contributed by atoms with E-state index in [0.29, 0.717) is 5.41 Å². The normalized spacial score (nSPS) is 26.8. The average Bonchev–Trinajstić information content (AvgIpc) is 2.31. The highest BCUT2D eigenvalue weighted by Gasteiger charge is 2.26. The van der Waals surface area contributed by atoms with Crippen LogP contribution in [0.5, 0.6) is 0 Å². The maximum absolute atomic E-state index is 3.74. The molecule has 94 valence electrons. The molecule has 1 aliphatic carbocycles. The Morgan fingerprint density at radius 1 is 1.12 bits per heavy atom. The molecule has 2 heteroatoms. The maximum Gasteiger partial charge on any atom is 0.000528 e. The van der Waals surface area contributed by atoms with Crippen molar-refractivity contribution in [2.24, 2.45) is 11.3 Å². The Morgan fingerprint density at radius 3 is 2.50 bits per heavy atom. The molecule has 0 bridgehead atoms. The minimum atomic E-state index is 0.602. The van der Waals surface area contributed by atoms with Gasteiger partial charge in [0.15, 0.2) is 0 Å². The van der Waals surface area contributed by atoms with Crippen LogP contribution in [0.15, 0.2) is 0 Å². The number of rotatable bonds is 4. The summed E-state index contributed by atoms with van der Waals surface area (Å²) in [7, 11) is 0. The van der Waals surface area contributed by atoms with Crippen molar-refractivity contribution in [3.8, 4) is 0 Å². The summed E-state index contributed by atoms with van der Waals surface area (Å²) >= 11 is 0. The summed E-state index contributed by atoms with van der Waals surface area (Å²) in [6.45, 7) is 7.42. The van der Waals surface area contributed by atoms with Crippen molar-refractivity contribution in [1.29, 1.82) is 0 Å². The van der Waals surface area contributed by atoms with Crippen LogP contribution in [-0.4, -0.2) is 26.2 Å². The predicted molar refractivity (Wildman–Crippen MR) is 69.7 cm³/mol. The molecule has 1 heterocycles. The van der Waals surface area contributed by atoms with Gasteiger partial charge in [-0.1, -0.05) is 26.2 Å². The van der Waals surface area contributed by atoms with Gasteiger partial charge in [0.2, 0.25) is 0 Å². The molecule has 1 saturated heterocycles. The van der Waals surface area contributed by atoms with Gasteiger partial charge < -0.3 is 10.6 Å². The van der Waals surface area contributed by atoms with Crippen molar-refractivity contribution >= 4 is 0 Å². The van der Waals surface area contributed by atoms with Crippen molar-refractivity contribution in [1.82, 2.24) is 10.6 Å². The Morgan fingerprint density at radius 2 is 1.81 bits per heavy atom. The number of hydrogen-bond acceptors (Lipinski definition) is 2. The molecule has 2 fully saturated rings. The zero-order valence-electron chi connectivity index (χ0n) is 10.9. The van der Waals surface area contributed by atoms with Gasteiger partial charge in [0.05, 0.1) is 0 Å². The number of hydrogen-bond donors (Lipinski definition) is 2. The lowest BCUT2D eigenvalue weighted by molar-refractivity contribution is 0.201. The third kappa shape index (κ3) is 3.74. The van der Waals surface area contributed by atoms with Crippen molar-refractivity contribution in [3.05, 3.63) is 0 Å². The first-order valence-electron chi connectivity index (χ1n) is 7.20. The summed E-state index contributed by atoms with van der Waals surface area (Å²) in [5.41, 5.74) is 0.602. The van der Waals surface area contributed by atoms with Gasteiger partial charge in [-0.05, 0) is 56.7 Å². The summed E-state index contributed by atoms with van der Waals surface area (Å²) in [6.07, 6.45) is 9.97. The molecule has 0 aromatic carbocycles.